The Morgan fingerprint density at radius 3 is 1.16 bits per heavy atom. The first-order valence-corrected chi connectivity index (χ1v) is 29.0. The summed E-state index contributed by atoms with van der Waals surface area (Å²) in [6.07, 6.45) is 22.9. The van der Waals surface area contributed by atoms with Crippen LogP contribution in [0.15, 0.2) is 146 Å². The third-order valence-electron chi connectivity index (χ3n) is 16.9. The lowest BCUT2D eigenvalue weighted by molar-refractivity contribution is 0.114. The lowest BCUT2D eigenvalue weighted by atomic mass is 9.78. The van der Waals surface area contributed by atoms with Gasteiger partial charge in [0.2, 0.25) is 0 Å². The summed E-state index contributed by atoms with van der Waals surface area (Å²) >= 11 is 0. The zero-order valence-corrected chi connectivity index (χ0v) is 45.0. The van der Waals surface area contributed by atoms with E-state index in [-0.39, 0.29) is 30.0 Å². The van der Waals surface area contributed by atoms with E-state index >= 15 is 0 Å². The summed E-state index contributed by atoms with van der Waals surface area (Å²) in [6.45, 7) is 3.03. The molecule has 0 radical (unpaired) electrons. The van der Waals surface area contributed by atoms with Crippen molar-refractivity contribution in [2.24, 2.45) is 23.1 Å². The Morgan fingerprint density at radius 2 is 0.803 bits per heavy atom. The summed E-state index contributed by atoms with van der Waals surface area (Å²) in [4.78, 5) is 0. The molecule has 0 saturated heterocycles. The van der Waals surface area contributed by atoms with Gasteiger partial charge in [0.05, 0.1) is 18.3 Å². The maximum atomic E-state index is 6.51. The van der Waals surface area contributed by atoms with Crippen LogP contribution in [0.4, 0.5) is 0 Å². The number of benzene rings is 6. The van der Waals surface area contributed by atoms with E-state index in [1.807, 2.05) is 24.3 Å². The average molecular weight is 1030 g/mol. The van der Waals surface area contributed by atoms with Crippen LogP contribution in [0.3, 0.4) is 0 Å². The molecule has 3 fully saturated rings. The Morgan fingerprint density at radius 1 is 0.447 bits per heavy atom. The number of aryl methyl sites for hydroxylation is 3. The Hall–Kier alpha value is -6.00. The summed E-state index contributed by atoms with van der Waals surface area (Å²) in [7, 11) is 0. The second-order valence-electron chi connectivity index (χ2n) is 22.6. The summed E-state index contributed by atoms with van der Waals surface area (Å²) in [5.74, 6) is 6.60. The smallest absolute Gasteiger partial charge is 0.124 e. The van der Waals surface area contributed by atoms with E-state index < -0.39 is 0 Å². The fourth-order valence-corrected chi connectivity index (χ4v) is 12.3. The molecule has 6 aromatic carbocycles. The first kappa shape index (κ1) is 53.4. The van der Waals surface area contributed by atoms with E-state index in [4.69, 9.17) is 45.6 Å². The summed E-state index contributed by atoms with van der Waals surface area (Å²) in [5.41, 5.74) is 25.8. The normalized spacial score (nSPS) is 26.5. The third kappa shape index (κ3) is 14.3. The zero-order valence-electron chi connectivity index (χ0n) is 45.0. The standard InChI is InChI=1S/C24H31NO2.C22H27NO2.C21H25NO2/c1-2-14-24(25)15-12-20(13-16-24)26-21-9-11-23-19(17-21)8-10-22(27-23)18-6-4-3-5-7-18;23-15-16-6-9-19(10-7-16)24-20-11-13-22-18(14-20)8-12-21(25-22)17-4-2-1-3-5-17;22-17-7-9-18(10-8-17)23-19-11-13-21-16(14-19)6-12-20(24-21)15-4-2-1-3-5-15/h3-7,9,11,17,20,22H,2,8,10,12-16,25H2,1H3;1-5,11,13-14,16,19,21H,6-10,12,15,23H2;1-5,11,13-14,17-18,20H,6-10,12,22H2. The lowest BCUT2D eigenvalue weighted by Gasteiger charge is -2.37. The molecule has 0 spiro atoms. The molecule has 3 aliphatic carbocycles. The topological polar surface area (TPSA) is 133 Å². The molecule has 6 aromatic rings. The molecule has 0 aromatic heterocycles. The van der Waals surface area contributed by atoms with Crippen LogP contribution >= 0.6 is 0 Å². The van der Waals surface area contributed by atoms with Gasteiger partial charge >= 0.3 is 0 Å². The van der Waals surface area contributed by atoms with Crippen LogP contribution in [-0.4, -0.2) is 36.4 Å². The molecule has 3 unspecified atom stereocenters. The summed E-state index contributed by atoms with van der Waals surface area (Å²) in [5, 5.41) is 0. The van der Waals surface area contributed by atoms with Crippen LogP contribution in [0.25, 0.3) is 0 Å². The van der Waals surface area contributed by atoms with Crippen LogP contribution in [0.5, 0.6) is 34.5 Å². The fraction of sp³-hybridized carbons (Fsp3) is 0.463. The van der Waals surface area contributed by atoms with Crippen molar-refractivity contribution in [2.45, 2.75) is 184 Å². The van der Waals surface area contributed by atoms with Gasteiger partial charge in [-0.3, -0.25) is 0 Å². The Labute approximate surface area is 453 Å². The molecule has 3 heterocycles. The van der Waals surface area contributed by atoms with E-state index in [2.05, 4.69) is 128 Å². The molecule has 0 amide bonds. The average Bonchev–Trinajstić information content (AvgIpc) is 3.48. The maximum Gasteiger partial charge on any atom is 0.124 e. The predicted molar refractivity (Wildman–Crippen MR) is 305 cm³/mol. The van der Waals surface area contributed by atoms with Gasteiger partial charge in [0.25, 0.3) is 0 Å². The fourth-order valence-electron chi connectivity index (χ4n) is 12.3. The van der Waals surface area contributed by atoms with E-state index in [1.54, 1.807) is 0 Å². The summed E-state index contributed by atoms with van der Waals surface area (Å²) in [6, 6.07) is 50.7. The van der Waals surface area contributed by atoms with Crippen molar-refractivity contribution >= 4 is 0 Å². The lowest BCUT2D eigenvalue weighted by Crippen LogP contribution is -2.45. The Kier molecular flexibility index (Phi) is 18.2. The molecule has 3 saturated carbocycles. The highest BCUT2D eigenvalue weighted by Crippen LogP contribution is 2.41. The van der Waals surface area contributed by atoms with Crippen molar-refractivity contribution in [1.29, 1.82) is 0 Å². The highest BCUT2D eigenvalue weighted by atomic mass is 16.5. The van der Waals surface area contributed by atoms with E-state index in [1.165, 1.54) is 46.2 Å². The van der Waals surface area contributed by atoms with Crippen molar-refractivity contribution < 1.29 is 28.4 Å². The molecule has 12 rings (SSSR count). The van der Waals surface area contributed by atoms with Gasteiger partial charge in [-0.2, -0.15) is 0 Å². The molecule has 9 heteroatoms. The quantitative estimate of drug-likeness (QED) is 0.110. The number of nitrogens with two attached hydrogens (primary N) is 3. The minimum absolute atomic E-state index is 0.0325. The molecule has 9 nitrogen and oxygen atoms in total. The van der Waals surface area contributed by atoms with Crippen LogP contribution < -0.4 is 45.6 Å². The largest absolute Gasteiger partial charge is 0.490 e. The molecule has 3 aliphatic heterocycles. The van der Waals surface area contributed by atoms with Gasteiger partial charge in [0.15, 0.2) is 0 Å². The van der Waals surface area contributed by atoms with Crippen molar-refractivity contribution in [3.63, 3.8) is 0 Å². The molecular formula is C67H83N3O6. The van der Waals surface area contributed by atoms with Crippen molar-refractivity contribution in [3.05, 3.63) is 179 Å². The predicted octanol–water partition coefficient (Wildman–Crippen LogP) is 14.6. The van der Waals surface area contributed by atoms with Crippen LogP contribution in [0.2, 0.25) is 0 Å². The van der Waals surface area contributed by atoms with Crippen molar-refractivity contribution in [1.82, 2.24) is 0 Å². The van der Waals surface area contributed by atoms with Gasteiger partial charge in [-0.1, -0.05) is 104 Å². The van der Waals surface area contributed by atoms with Crippen LogP contribution in [0.1, 0.15) is 168 Å². The highest BCUT2D eigenvalue weighted by Gasteiger charge is 2.32. The first-order valence-electron chi connectivity index (χ1n) is 29.0. The van der Waals surface area contributed by atoms with Crippen LogP contribution in [0, 0.1) is 5.92 Å². The maximum absolute atomic E-state index is 6.51. The minimum atomic E-state index is 0.0325. The number of rotatable bonds is 12. The summed E-state index contributed by atoms with van der Waals surface area (Å²) < 4.78 is 37.4. The van der Waals surface area contributed by atoms with Gasteiger partial charge in [0, 0.05) is 11.6 Å². The monoisotopic (exact) mass is 1030 g/mol. The SMILES string of the molecule is CCCC1(N)CCC(Oc2ccc3c(c2)CCC(c2ccccc2)O3)CC1.NC1CCC(Oc2ccc3c(c2)CCC(c2ccccc2)O3)CC1.NCC1CCC(Oc2ccc3c(c2)CCC(c2ccccc2)O3)CC1. The molecule has 0 bridgehead atoms. The van der Waals surface area contributed by atoms with Gasteiger partial charge in [-0.25, -0.2) is 0 Å². The van der Waals surface area contributed by atoms with Gasteiger partial charge in [-0.15, -0.1) is 0 Å². The Bertz CT molecular complexity index is 2710. The molecule has 3 atom stereocenters. The second-order valence-corrected chi connectivity index (χ2v) is 22.6. The van der Waals surface area contributed by atoms with Crippen molar-refractivity contribution in [3.8, 4) is 34.5 Å². The van der Waals surface area contributed by atoms with Crippen LogP contribution in [-0.2, 0) is 19.3 Å². The minimum Gasteiger partial charge on any atom is -0.490 e. The van der Waals surface area contributed by atoms with Gasteiger partial charge in [0.1, 0.15) is 52.8 Å². The molecular weight excluding hydrogens is 943 g/mol. The second kappa shape index (κ2) is 25.9. The molecule has 402 valence electrons. The molecule has 6 N–H and O–H groups in total. The number of ether oxygens (including phenoxy) is 6. The van der Waals surface area contributed by atoms with E-state index in [9.17, 15) is 0 Å². The number of fused-ring (bicyclic) bond motifs is 3. The highest BCUT2D eigenvalue weighted by molar-refractivity contribution is 5.45. The third-order valence-corrected chi connectivity index (χ3v) is 16.9. The van der Waals surface area contributed by atoms with E-state index in [0.717, 1.165) is 157 Å². The molecule has 6 aliphatic rings. The number of hydrogen-bond acceptors (Lipinski definition) is 9. The van der Waals surface area contributed by atoms with Crippen molar-refractivity contribution in [2.75, 3.05) is 6.54 Å². The van der Waals surface area contributed by atoms with Gasteiger partial charge in [-0.05, 0) is 222 Å². The van der Waals surface area contributed by atoms with Gasteiger partial charge < -0.3 is 45.6 Å². The first-order chi connectivity index (χ1) is 37.2. The molecule has 76 heavy (non-hydrogen) atoms. The Balaban J connectivity index is 0.000000130. The number of hydrogen-bond donors (Lipinski definition) is 3. The van der Waals surface area contributed by atoms with E-state index in [0.29, 0.717) is 24.2 Å². The zero-order chi connectivity index (χ0) is 52.1.